The van der Waals surface area contributed by atoms with Crippen molar-refractivity contribution in [1.82, 2.24) is 14.7 Å². The van der Waals surface area contributed by atoms with Gasteiger partial charge in [-0.3, -0.25) is 4.90 Å². The molecular formula is C15H35N3. The maximum absolute atomic E-state index is 2.60. The van der Waals surface area contributed by atoms with Crippen LogP contribution in [0.3, 0.4) is 0 Å². The fourth-order valence-corrected chi connectivity index (χ4v) is 2.83. The van der Waals surface area contributed by atoms with Gasteiger partial charge in [0.1, 0.15) is 0 Å². The summed E-state index contributed by atoms with van der Waals surface area (Å²) in [7, 11) is 6.80. The number of hydrogen-bond acceptors (Lipinski definition) is 3. The monoisotopic (exact) mass is 257 g/mol. The molecule has 0 radical (unpaired) electrons. The van der Waals surface area contributed by atoms with Gasteiger partial charge in [-0.05, 0) is 47.1 Å². The van der Waals surface area contributed by atoms with Gasteiger partial charge in [0.15, 0.2) is 0 Å². The van der Waals surface area contributed by atoms with Crippen LogP contribution in [0.2, 0.25) is 0 Å². The predicted molar refractivity (Wildman–Crippen MR) is 82.3 cm³/mol. The summed E-state index contributed by atoms with van der Waals surface area (Å²) in [5.41, 5.74) is 0.486. The van der Waals surface area contributed by atoms with E-state index in [0.29, 0.717) is 5.54 Å². The van der Waals surface area contributed by atoms with Crippen molar-refractivity contribution in [2.45, 2.75) is 46.1 Å². The molecule has 2 heterocycles. The average molecular weight is 257 g/mol. The Labute approximate surface area is 115 Å². The Morgan fingerprint density at radius 3 is 1.67 bits per heavy atom. The molecule has 2 aliphatic rings. The molecular weight excluding hydrogens is 222 g/mol. The van der Waals surface area contributed by atoms with Crippen LogP contribution in [0, 0.1) is 0 Å². The van der Waals surface area contributed by atoms with Crippen molar-refractivity contribution in [3.8, 4) is 0 Å². The van der Waals surface area contributed by atoms with Gasteiger partial charge in [-0.1, -0.05) is 27.7 Å². The van der Waals surface area contributed by atoms with Gasteiger partial charge in [-0.2, -0.15) is 0 Å². The quantitative estimate of drug-likeness (QED) is 0.660. The highest BCUT2D eigenvalue weighted by Crippen LogP contribution is 2.30. The Kier molecular flexibility index (Phi) is 8.83. The molecule has 0 amide bonds. The third-order valence-corrected chi connectivity index (χ3v) is 4.11. The molecule has 0 aromatic heterocycles. The van der Waals surface area contributed by atoms with Gasteiger partial charge in [0.25, 0.3) is 0 Å². The van der Waals surface area contributed by atoms with Crippen molar-refractivity contribution in [3.05, 3.63) is 0 Å². The predicted octanol–water partition coefficient (Wildman–Crippen LogP) is 2.38. The van der Waals surface area contributed by atoms with E-state index in [4.69, 9.17) is 0 Å². The van der Waals surface area contributed by atoms with E-state index in [0.717, 1.165) is 0 Å². The molecule has 2 fully saturated rings. The van der Waals surface area contributed by atoms with Gasteiger partial charge in [0, 0.05) is 25.2 Å². The van der Waals surface area contributed by atoms with Gasteiger partial charge < -0.3 is 9.80 Å². The summed E-state index contributed by atoms with van der Waals surface area (Å²) in [5.74, 6) is 0. The lowest BCUT2D eigenvalue weighted by Gasteiger charge is -2.52. The van der Waals surface area contributed by atoms with Crippen molar-refractivity contribution >= 4 is 0 Å². The molecule has 0 N–H and O–H groups in total. The number of piperidine rings is 1. The number of hydrogen-bond donors (Lipinski definition) is 0. The van der Waals surface area contributed by atoms with Crippen molar-refractivity contribution in [1.29, 1.82) is 0 Å². The highest BCUT2D eigenvalue weighted by atomic mass is 15.3. The van der Waals surface area contributed by atoms with E-state index >= 15 is 0 Å². The van der Waals surface area contributed by atoms with Crippen molar-refractivity contribution in [2.24, 2.45) is 0 Å². The Morgan fingerprint density at radius 2 is 1.17 bits per heavy atom. The van der Waals surface area contributed by atoms with Crippen LogP contribution < -0.4 is 0 Å². The third kappa shape index (κ3) is 4.52. The molecule has 0 saturated carbocycles. The summed E-state index contributed by atoms with van der Waals surface area (Å²) >= 11 is 0. The zero-order valence-electron chi connectivity index (χ0n) is 13.8. The fourth-order valence-electron chi connectivity index (χ4n) is 2.83. The van der Waals surface area contributed by atoms with E-state index in [1.807, 2.05) is 27.7 Å². The molecule has 3 heteroatoms. The summed E-state index contributed by atoms with van der Waals surface area (Å²) in [6.45, 7) is 14.3. The minimum absolute atomic E-state index is 0.486. The number of rotatable bonds is 0. The molecule has 3 nitrogen and oxygen atoms in total. The fraction of sp³-hybridized carbons (Fsp3) is 1.00. The van der Waals surface area contributed by atoms with Crippen LogP contribution in [0.5, 0.6) is 0 Å². The maximum Gasteiger partial charge on any atom is 0.0358 e. The second kappa shape index (κ2) is 8.89. The molecule has 0 aromatic carbocycles. The van der Waals surface area contributed by atoms with Crippen LogP contribution in [0.1, 0.15) is 40.5 Å². The van der Waals surface area contributed by atoms with Crippen LogP contribution in [0.25, 0.3) is 0 Å². The molecule has 0 atom stereocenters. The molecule has 18 heavy (non-hydrogen) atoms. The van der Waals surface area contributed by atoms with Gasteiger partial charge in [0.2, 0.25) is 0 Å². The molecule has 1 spiro atoms. The molecule has 0 aliphatic carbocycles. The van der Waals surface area contributed by atoms with Gasteiger partial charge in [-0.15, -0.1) is 0 Å². The van der Waals surface area contributed by atoms with Gasteiger partial charge >= 0.3 is 0 Å². The normalized spacial score (nSPS) is 24.8. The van der Waals surface area contributed by atoms with Crippen molar-refractivity contribution in [2.75, 3.05) is 53.9 Å². The minimum Gasteiger partial charge on any atom is -0.306 e. The first-order valence-corrected chi connectivity index (χ1v) is 7.71. The molecule has 2 rings (SSSR count). The Bertz CT molecular complexity index is 198. The van der Waals surface area contributed by atoms with Gasteiger partial charge in [0.05, 0.1) is 0 Å². The third-order valence-electron chi connectivity index (χ3n) is 4.11. The lowest BCUT2D eigenvalue weighted by molar-refractivity contribution is -0.0145. The molecule has 0 unspecified atom stereocenters. The summed E-state index contributed by atoms with van der Waals surface area (Å²) in [6.07, 6.45) is 2.68. The lowest BCUT2D eigenvalue weighted by Crippen LogP contribution is -2.63. The van der Waals surface area contributed by atoms with Crippen LogP contribution in [0.4, 0.5) is 0 Å². The largest absolute Gasteiger partial charge is 0.306 e. The SMILES string of the molecule is CC.CC.CN1CCC2(CC1)CN(C)CCN2C. The minimum atomic E-state index is 0.486. The Hall–Kier alpha value is -0.120. The Balaban J connectivity index is 0.000000659. The first-order valence-electron chi connectivity index (χ1n) is 7.71. The van der Waals surface area contributed by atoms with Crippen LogP contribution in [0.15, 0.2) is 0 Å². The highest BCUT2D eigenvalue weighted by Gasteiger charge is 2.40. The van der Waals surface area contributed by atoms with E-state index in [1.54, 1.807) is 0 Å². The zero-order valence-corrected chi connectivity index (χ0v) is 13.8. The molecule has 0 aromatic rings. The summed E-state index contributed by atoms with van der Waals surface area (Å²) in [5, 5.41) is 0. The number of piperazine rings is 1. The van der Waals surface area contributed by atoms with Crippen molar-refractivity contribution < 1.29 is 0 Å². The van der Waals surface area contributed by atoms with E-state index in [2.05, 4.69) is 35.8 Å². The summed E-state index contributed by atoms with van der Waals surface area (Å²) in [6, 6.07) is 0. The smallest absolute Gasteiger partial charge is 0.0358 e. The number of likely N-dealkylation sites (tertiary alicyclic amines) is 1. The first kappa shape index (κ1) is 17.9. The topological polar surface area (TPSA) is 9.72 Å². The Morgan fingerprint density at radius 1 is 0.667 bits per heavy atom. The van der Waals surface area contributed by atoms with E-state index in [1.165, 1.54) is 45.6 Å². The molecule has 2 aliphatic heterocycles. The summed E-state index contributed by atoms with van der Waals surface area (Å²) < 4.78 is 0. The van der Waals surface area contributed by atoms with E-state index in [9.17, 15) is 0 Å². The molecule has 110 valence electrons. The average Bonchev–Trinajstić information content (AvgIpc) is 2.42. The summed E-state index contributed by atoms with van der Waals surface area (Å²) in [4.78, 5) is 7.54. The van der Waals surface area contributed by atoms with Crippen LogP contribution in [-0.2, 0) is 0 Å². The maximum atomic E-state index is 2.60. The number of likely N-dealkylation sites (N-methyl/N-ethyl adjacent to an activating group) is 2. The van der Waals surface area contributed by atoms with E-state index in [-0.39, 0.29) is 0 Å². The zero-order chi connectivity index (χ0) is 14.2. The van der Waals surface area contributed by atoms with Crippen LogP contribution >= 0.6 is 0 Å². The standard InChI is InChI=1S/C11H23N3.2C2H6/c1-12-6-4-11(5-7-12)10-13(2)8-9-14(11)3;2*1-2/h4-10H2,1-3H3;2*1-2H3. The second-order valence-corrected chi connectivity index (χ2v) is 5.19. The highest BCUT2D eigenvalue weighted by molar-refractivity contribution is 4.98. The van der Waals surface area contributed by atoms with E-state index < -0.39 is 0 Å². The lowest BCUT2D eigenvalue weighted by atomic mass is 9.84. The second-order valence-electron chi connectivity index (χ2n) is 5.19. The molecule has 0 bridgehead atoms. The van der Waals surface area contributed by atoms with Crippen LogP contribution in [-0.4, -0.2) is 74.1 Å². The molecule has 2 saturated heterocycles. The first-order chi connectivity index (χ1) is 8.62. The van der Waals surface area contributed by atoms with Crippen molar-refractivity contribution in [3.63, 3.8) is 0 Å². The number of nitrogens with zero attached hydrogens (tertiary/aromatic N) is 3. The van der Waals surface area contributed by atoms with Gasteiger partial charge in [-0.25, -0.2) is 0 Å².